The Morgan fingerprint density at radius 2 is 1.92 bits per heavy atom. The third kappa shape index (κ3) is 4.48. The highest BCUT2D eigenvalue weighted by Gasteiger charge is 2.25. The number of ether oxygens (including phenoxy) is 1. The molecule has 0 bridgehead atoms. The summed E-state index contributed by atoms with van der Waals surface area (Å²) in [4.78, 5) is 12.0. The molecule has 1 unspecified atom stereocenters. The smallest absolute Gasteiger partial charge is 0.249 e. The third-order valence-electron chi connectivity index (χ3n) is 4.12. The number of nitrogens with one attached hydrogen (secondary N) is 1. The van der Waals surface area contributed by atoms with Gasteiger partial charge in [0.2, 0.25) is 15.9 Å². The SMILES string of the molecule is Cc1cc(C)c(N(CCNC(=O)C2CCCO2)S(C)(=O)=O)c(C)c1. The number of amides is 1. The summed E-state index contributed by atoms with van der Waals surface area (Å²) >= 11 is 0. The van der Waals surface area contributed by atoms with Crippen LogP contribution in [0.3, 0.4) is 0 Å². The Morgan fingerprint density at radius 1 is 1.29 bits per heavy atom. The fourth-order valence-electron chi connectivity index (χ4n) is 3.19. The summed E-state index contributed by atoms with van der Waals surface area (Å²) in [5.41, 5.74) is 3.59. The largest absolute Gasteiger partial charge is 0.368 e. The Bertz CT molecular complexity index is 686. The minimum absolute atomic E-state index is 0.168. The molecule has 7 heteroatoms. The van der Waals surface area contributed by atoms with E-state index < -0.39 is 16.1 Å². The van der Waals surface area contributed by atoms with Crippen molar-refractivity contribution >= 4 is 21.6 Å². The molecule has 1 aliphatic heterocycles. The lowest BCUT2D eigenvalue weighted by Gasteiger charge is -2.26. The van der Waals surface area contributed by atoms with Crippen molar-refractivity contribution in [1.29, 1.82) is 0 Å². The Balaban J connectivity index is 2.11. The fraction of sp³-hybridized carbons (Fsp3) is 0.588. The first-order valence-electron chi connectivity index (χ1n) is 8.15. The van der Waals surface area contributed by atoms with Gasteiger partial charge in [0.15, 0.2) is 0 Å². The highest BCUT2D eigenvalue weighted by molar-refractivity contribution is 7.92. The number of aryl methyl sites for hydroxylation is 3. The average Bonchev–Trinajstić information content (AvgIpc) is 2.97. The van der Waals surface area contributed by atoms with Gasteiger partial charge in [-0.1, -0.05) is 17.7 Å². The van der Waals surface area contributed by atoms with Crippen LogP contribution in [0.15, 0.2) is 12.1 Å². The van der Waals surface area contributed by atoms with Gasteiger partial charge < -0.3 is 10.1 Å². The molecule has 1 aromatic rings. The van der Waals surface area contributed by atoms with Gasteiger partial charge in [0.1, 0.15) is 6.10 Å². The van der Waals surface area contributed by atoms with Crippen molar-refractivity contribution in [3.05, 3.63) is 28.8 Å². The summed E-state index contributed by atoms with van der Waals surface area (Å²) < 4.78 is 31.2. The van der Waals surface area contributed by atoms with Gasteiger partial charge >= 0.3 is 0 Å². The highest BCUT2D eigenvalue weighted by Crippen LogP contribution is 2.28. The molecule has 1 saturated heterocycles. The third-order valence-corrected chi connectivity index (χ3v) is 5.29. The van der Waals surface area contributed by atoms with Gasteiger partial charge in [-0.15, -0.1) is 0 Å². The van der Waals surface area contributed by atoms with Gasteiger partial charge in [-0.25, -0.2) is 8.42 Å². The van der Waals surface area contributed by atoms with Crippen LogP contribution < -0.4 is 9.62 Å². The lowest BCUT2D eigenvalue weighted by Crippen LogP contribution is -2.41. The maximum absolute atomic E-state index is 12.2. The van der Waals surface area contributed by atoms with Crippen molar-refractivity contribution in [1.82, 2.24) is 5.32 Å². The normalized spacial score (nSPS) is 17.8. The summed E-state index contributed by atoms with van der Waals surface area (Å²) in [6.07, 6.45) is 2.39. The molecular weight excluding hydrogens is 328 g/mol. The zero-order valence-corrected chi connectivity index (χ0v) is 15.6. The molecule has 0 spiro atoms. The highest BCUT2D eigenvalue weighted by atomic mass is 32.2. The molecule has 134 valence electrons. The summed E-state index contributed by atoms with van der Waals surface area (Å²) in [6, 6.07) is 3.93. The Morgan fingerprint density at radius 3 is 2.42 bits per heavy atom. The second kappa shape index (κ2) is 7.53. The van der Waals surface area contributed by atoms with Crippen molar-refractivity contribution in [2.75, 3.05) is 30.3 Å². The van der Waals surface area contributed by atoms with Crippen LogP contribution in [-0.4, -0.2) is 46.4 Å². The van der Waals surface area contributed by atoms with Crippen molar-refractivity contribution in [2.45, 2.75) is 39.7 Å². The molecule has 0 saturated carbocycles. The van der Waals surface area contributed by atoms with E-state index in [1.54, 1.807) is 0 Å². The van der Waals surface area contributed by atoms with E-state index in [2.05, 4.69) is 5.32 Å². The van der Waals surface area contributed by atoms with Crippen LogP contribution in [0.4, 0.5) is 5.69 Å². The molecule has 0 radical (unpaired) electrons. The van der Waals surface area contributed by atoms with E-state index in [9.17, 15) is 13.2 Å². The fourth-order valence-corrected chi connectivity index (χ4v) is 4.23. The molecule has 2 rings (SSSR count). The van der Waals surface area contributed by atoms with Crippen LogP contribution in [-0.2, 0) is 19.6 Å². The number of rotatable bonds is 6. The van der Waals surface area contributed by atoms with Crippen LogP contribution in [0.25, 0.3) is 0 Å². The van der Waals surface area contributed by atoms with E-state index in [-0.39, 0.29) is 19.0 Å². The van der Waals surface area contributed by atoms with E-state index in [1.807, 2.05) is 32.9 Å². The van der Waals surface area contributed by atoms with E-state index in [4.69, 9.17) is 4.74 Å². The maximum Gasteiger partial charge on any atom is 0.249 e. The lowest BCUT2D eigenvalue weighted by molar-refractivity contribution is -0.129. The van der Waals surface area contributed by atoms with E-state index in [0.29, 0.717) is 12.3 Å². The number of nitrogens with zero attached hydrogens (tertiary/aromatic N) is 1. The molecule has 1 N–H and O–H groups in total. The molecule has 1 heterocycles. The minimum Gasteiger partial charge on any atom is -0.368 e. The second-order valence-electron chi connectivity index (χ2n) is 6.38. The number of carbonyl (C=O) groups excluding carboxylic acids is 1. The van der Waals surface area contributed by atoms with Crippen molar-refractivity contribution in [3.8, 4) is 0 Å². The van der Waals surface area contributed by atoms with Crippen molar-refractivity contribution < 1.29 is 17.9 Å². The molecule has 1 atom stereocenters. The number of hydrogen-bond acceptors (Lipinski definition) is 4. The summed E-state index contributed by atoms with van der Waals surface area (Å²) in [6.45, 7) is 6.84. The molecule has 0 aliphatic carbocycles. The Labute approximate surface area is 144 Å². The summed E-state index contributed by atoms with van der Waals surface area (Å²) in [5.74, 6) is -0.168. The summed E-state index contributed by atoms with van der Waals surface area (Å²) in [5, 5.41) is 2.78. The van der Waals surface area contributed by atoms with Gasteiger partial charge in [0.25, 0.3) is 0 Å². The van der Waals surface area contributed by atoms with Crippen LogP contribution in [0.1, 0.15) is 29.5 Å². The predicted molar refractivity (Wildman–Crippen MR) is 94.8 cm³/mol. The monoisotopic (exact) mass is 354 g/mol. The first-order chi connectivity index (χ1) is 11.2. The van der Waals surface area contributed by atoms with Gasteiger partial charge in [-0.2, -0.15) is 0 Å². The topological polar surface area (TPSA) is 75.7 Å². The molecule has 6 nitrogen and oxygen atoms in total. The predicted octanol–water partition coefficient (Wildman–Crippen LogP) is 1.67. The molecule has 1 aromatic carbocycles. The zero-order valence-electron chi connectivity index (χ0n) is 14.8. The number of carbonyl (C=O) groups is 1. The molecular formula is C17H26N2O4S. The Hall–Kier alpha value is -1.60. The molecule has 1 amide bonds. The van der Waals surface area contributed by atoms with Crippen LogP contribution in [0, 0.1) is 20.8 Å². The van der Waals surface area contributed by atoms with Gasteiger partial charge in [-0.05, 0) is 44.7 Å². The number of sulfonamides is 1. The first-order valence-corrected chi connectivity index (χ1v) is 10.00. The standard InChI is InChI=1S/C17H26N2O4S/c1-12-10-13(2)16(14(3)11-12)19(24(4,21)22)8-7-18-17(20)15-6-5-9-23-15/h10-11,15H,5-9H2,1-4H3,(H,18,20). The number of hydrogen-bond donors (Lipinski definition) is 1. The van der Waals surface area contributed by atoms with Crippen molar-refractivity contribution in [3.63, 3.8) is 0 Å². The van der Waals surface area contributed by atoms with Crippen LogP contribution >= 0.6 is 0 Å². The van der Waals surface area contributed by atoms with Gasteiger partial charge in [0, 0.05) is 13.2 Å². The first kappa shape index (κ1) is 18.7. The van der Waals surface area contributed by atoms with Gasteiger partial charge in [0.05, 0.1) is 18.5 Å². The molecule has 1 fully saturated rings. The zero-order chi connectivity index (χ0) is 17.9. The molecule has 0 aromatic heterocycles. The lowest BCUT2D eigenvalue weighted by atomic mass is 10.1. The quantitative estimate of drug-likeness (QED) is 0.843. The summed E-state index contributed by atoms with van der Waals surface area (Å²) in [7, 11) is -3.44. The maximum atomic E-state index is 12.2. The van der Waals surface area contributed by atoms with Crippen molar-refractivity contribution in [2.24, 2.45) is 0 Å². The van der Waals surface area contributed by atoms with Gasteiger partial charge in [-0.3, -0.25) is 9.10 Å². The van der Waals surface area contributed by atoms with Crippen LogP contribution in [0.2, 0.25) is 0 Å². The van der Waals surface area contributed by atoms with E-state index in [1.165, 1.54) is 10.6 Å². The number of anilines is 1. The molecule has 1 aliphatic rings. The minimum atomic E-state index is -3.44. The average molecular weight is 354 g/mol. The van der Waals surface area contributed by atoms with Crippen LogP contribution in [0.5, 0.6) is 0 Å². The van der Waals surface area contributed by atoms with E-state index >= 15 is 0 Å². The number of benzene rings is 1. The molecule has 24 heavy (non-hydrogen) atoms. The van der Waals surface area contributed by atoms with E-state index in [0.717, 1.165) is 29.5 Å². The Kier molecular flexibility index (Phi) is 5.87. The second-order valence-corrected chi connectivity index (χ2v) is 8.28.